The Morgan fingerprint density at radius 3 is 2.50 bits per heavy atom. The van der Waals surface area contributed by atoms with E-state index in [1.54, 1.807) is 19.1 Å². The van der Waals surface area contributed by atoms with Gasteiger partial charge in [-0.1, -0.05) is 0 Å². The fraction of sp³-hybridized carbons (Fsp3) is 0.500. The topological polar surface area (TPSA) is 64.7 Å². The van der Waals surface area contributed by atoms with Gasteiger partial charge >= 0.3 is 6.18 Å². The van der Waals surface area contributed by atoms with Crippen molar-refractivity contribution >= 4 is 15.9 Å². The highest BCUT2D eigenvalue weighted by molar-refractivity contribution is 9.10. The first-order chi connectivity index (χ1) is 9.29. The van der Waals surface area contributed by atoms with Crippen LogP contribution in [-0.2, 0) is 6.54 Å². The van der Waals surface area contributed by atoms with Crippen LogP contribution < -0.4 is 15.2 Å². The van der Waals surface area contributed by atoms with Gasteiger partial charge in [0.2, 0.25) is 0 Å². The van der Waals surface area contributed by atoms with Crippen LogP contribution in [-0.4, -0.2) is 30.6 Å². The maximum atomic E-state index is 12.2. The van der Waals surface area contributed by atoms with Crippen LogP contribution in [0.3, 0.4) is 0 Å². The molecule has 0 bridgehead atoms. The van der Waals surface area contributed by atoms with E-state index in [9.17, 15) is 13.2 Å². The van der Waals surface area contributed by atoms with Gasteiger partial charge in [-0.05, 0) is 40.5 Å². The minimum atomic E-state index is -4.73. The molecule has 114 valence electrons. The molecule has 0 spiro atoms. The first-order valence-corrected chi connectivity index (χ1v) is 6.61. The van der Waals surface area contributed by atoms with Crippen LogP contribution in [0, 0.1) is 0 Å². The van der Waals surface area contributed by atoms with Crippen LogP contribution in [0.15, 0.2) is 16.6 Å². The Morgan fingerprint density at radius 1 is 1.35 bits per heavy atom. The average Bonchev–Trinajstić information content (AvgIpc) is 2.36. The number of nitrogens with two attached hydrogens (primary N) is 1. The van der Waals surface area contributed by atoms with Gasteiger partial charge in [0.25, 0.3) is 0 Å². The lowest BCUT2D eigenvalue weighted by molar-refractivity contribution is -0.210. The van der Waals surface area contributed by atoms with Gasteiger partial charge < -0.3 is 20.3 Å². The molecule has 20 heavy (non-hydrogen) atoms. The van der Waals surface area contributed by atoms with E-state index in [4.69, 9.17) is 20.3 Å². The zero-order chi connectivity index (χ0) is 15.3. The quantitative estimate of drug-likeness (QED) is 0.821. The first-order valence-electron chi connectivity index (χ1n) is 5.82. The second-order valence-electron chi connectivity index (χ2n) is 3.91. The molecule has 3 N–H and O–H groups in total. The van der Waals surface area contributed by atoms with Crippen LogP contribution in [0.4, 0.5) is 13.2 Å². The molecule has 0 heterocycles. The molecule has 0 amide bonds. The summed E-state index contributed by atoms with van der Waals surface area (Å²) in [5, 5.41) is 8.93. The lowest BCUT2D eigenvalue weighted by atomic mass is 10.2. The van der Waals surface area contributed by atoms with E-state index >= 15 is 0 Å². The number of benzene rings is 1. The summed E-state index contributed by atoms with van der Waals surface area (Å²) in [5.41, 5.74) is 6.25. The van der Waals surface area contributed by atoms with Crippen molar-refractivity contribution in [2.75, 3.05) is 13.2 Å². The summed E-state index contributed by atoms with van der Waals surface area (Å²) in [6.45, 7) is 1.39. The molecule has 0 aliphatic rings. The number of rotatable bonds is 6. The Balaban J connectivity index is 2.93. The van der Waals surface area contributed by atoms with E-state index in [1.807, 2.05) is 0 Å². The molecule has 0 fully saturated rings. The van der Waals surface area contributed by atoms with Gasteiger partial charge in [0.15, 0.2) is 17.6 Å². The second kappa shape index (κ2) is 7.14. The molecule has 0 aromatic heterocycles. The van der Waals surface area contributed by atoms with Crippen molar-refractivity contribution in [3.63, 3.8) is 0 Å². The van der Waals surface area contributed by atoms with Gasteiger partial charge in [-0.3, -0.25) is 0 Å². The summed E-state index contributed by atoms with van der Waals surface area (Å²) in [7, 11) is 0. The zero-order valence-electron chi connectivity index (χ0n) is 10.7. The Morgan fingerprint density at radius 2 is 2.00 bits per heavy atom. The number of ether oxygens (including phenoxy) is 2. The second-order valence-corrected chi connectivity index (χ2v) is 4.76. The molecule has 0 radical (unpaired) electrons. The summed E-state index contributed by atoms with van der Waals surface area (Å²) >= 11 is 3.19. The molecule has 0 aliphatic heterocycles. The summed E-state index contributed by atoms with van der Waals surface area (Å²) in [4.78, 5) is 0. The maximum absolute atomic E-state index is 12.2. The standard InChI is InChI=1S/C12H15BrF3NO3/c1-2-19-9-4-7(5-17)3-8(13)11(9)20-6-10(18)12(14,15)16/h3-4,10,18H,2,5-6,17H2,1H3. The highest BCUT2D eigenvalue weighted by Gasteiger charge is 2.39. The third-order valence-electron chi connectivity index (χ3n) is 2.37. The van der Waals surface area contributed by atoms with Crippen LogP contribution >= 0.6 is 15.9 Å². The first kappa shape index (κ1) is 17.1. The molecule has 1 unspecified atom stereocenters. The zero-order valence-corrected chi connectivity index (χ0v) is 12.3. The Labute approximate surface area is 122 Å². The van der Waals surface area contributed by atoms with Gasteiger partial charge in [-0.25, -0.2) is 0 Å². The molecular weight excluding hydrogens is 343 g/mol. The normalized spacial score (nSPS) is 13.2. The average molecular weight is 358 g/mol. The van der Waals surface area contributed by atoms with Crippen molar-refractivity contribution in [3.05, 3.63) is 22.2 Å². The fourth-order valence-electron chi connectivity index (χ4n) is 1.40. The van der Waals surface area contributed by atoms with Crippen molar-refractivity contribution in [3.8, 4) is 11.5 Å². The largest absolute Gasteiger partial charge is 0.490 e. The van der Waals surface area contributed by atoms with Crippen LogP contribution in [0.5, 0.6) is 11.5 Å². The smallest absolute Gasteiger partial charge is 0.417 e. The number of aliphatic hydroxyl groups is 1. The third-order valence-corrected chi connectivity index (χ3v) is 2.96. The Bertz CT molecular complexity index is 454. The molecule has 0 aliphatic carbocycles. The van der Waals surface area contributed by atoms with Gasteiger partial charge in [0.05, 0.1) is 11.1 Å². The molecule has 8 heteroatoms. The predicted molar refractivity (Wildman–Crippen MR) is 70.8 cm³/mol. The van der Waals surface area contributed by atoms with Crippen LogP contribution in [0.1, 0.15) is 12.5 Å². The van der Waals surface area contributed by atoms with Crippen molar-refractivity contribution in [1.29, 1.82) is 0 Å². The fourth-order valence-corrected chi connectivity index (χ4v) is 2.00. The summed E-state index contributed by atoms with van der Waals surface area (Å²) in [5.74, 6) is 0.379. The molecule has 4 nitrogen and oxygen atoms in total. The molecular formula is C12H15BrF3NO3. The Kier molecular flexibility index (Phi) is 6.09. The van der Waals surface area contributed by atoms with Crippen LogP contribution in [0.25, 0.3) is 0 Å². The Hall–Kier alpha value is -0.990. The van der Waals surface area contributed by atoms with E-state index in [0.29, 0.717) is 11.1 Å². The maximum Gasteiger partial charge on any atom is 0.417 e. The van der Waals surface area contributed by atoms with E-state index in [0.717, 1.165) is 5.56 Å². The molecule has 0 saturated heterocycles. The predicted octanol–water partition coefficient (Wildman–Crippen LogP) is 2.61. The monoisotopic (exact) mass is 357 g/mol. The van der Waals surface area contributed by atoms with Crippen molar-refractivity contribution < 1.29 is 27.8 Å². The molecule has 1 atom stereocenters. The van der Waals surface area contributed by atoms with Crippen LogP contribution in [0.2, 0.25) is 0 Å². The van der Waals surface area contributed by atoms with E-state index in [1.165, 1.54) is 0 Å². The van der Waals surface area contributed by atoms with E-state index in [2.05, 4.69) is 15.9 Å². The number of hydrogen-bond donors (Lipinski definition) is 2. The summed E-state index contributed by atoms with van der Waals surface area (Å²) in [6.07, 6.45) is -7.28. The minimum absolute atomic E-state index is 0.104. The van der Waals surface area contributed by atoms with Crippen molar-refractivity contribution in [1.82, 2.24) is 0 Å². The highest BCUT2D eigenvalue weighted by atomic mass is 79.9. The minimum Gasteiger partial charge on any atom is -0.490 e. The number of halogens is 4. The summed E-state index contributed by atoms with van der Waals surface area (Å²) in [6, 6.07) is 3.21. The van der Waals surface area contributed by atoms with Crippen molar-refractivity contribution in [2.45, 2.75) is 25.7 Å². The SMILES string of the molecule is CCOc1cc(CN)cc(Br)c1OCC(O)C(F)(F)F. The number of alkyl halides is 3. The lowest BCUT2D eigenvalue weighted by Crippen LogP contribution is -2.34. The number of hydrogen-bond acceptors (Lipinski definition) is 4. The van der Waals surface area contributed by atoms with Gasteiger partial charge in [0, 0.05) is 6.54 Å². The van der Waals surface area contributed by atoms with E-state index < -0.39 is 18.9 Å². The number of aliphatic hydroxyl groups excluding tert-OH is 1. The van der Waals surface area contributed by atoms with Gasteiger partial charge in [-0.2, -0.15) is 13.2 Å². The third kappa shape index (κ3) is 4.53. The van der Waals surface area contributed by atoms with Gasteiger partial charge in [-0.15, -0.1) is 0 Å². The molecule has 0 saturated carbocycles. The summed E-state index contributed by atoms with van der Waals surface area (Å²) < 4.78 is 47.4. The molecule has 1 aromatic rings. The van der Waals surface area contributed by atoms with Crippen molar-refractivity contribution in [2.24, 2.45) is 5.73 Å². The molecule has 1 rings (SSSR count). The van der Waals surface area contributed by atoms with Gasteiger partial charge in [0.1, 0.15) is 6.61 Å². The lowest BCUT2D eigenvalue weighted by Gasteiger charge is -2.18. The highest BCUT2D eigenvalue weighted by Crippen LogP contribution is 2.37. The molecule has 1 aromatic carbocycles. The van der Waals surface area contributed by atoms with E-state index in [-0.39, 0.29) is 18.0 Å².